The monoisotopic (exact) mass is 292 g/mol. The molecule has 0 radical (unpaired) electrons. The first-order chi connectivity index (χ1) is 9.74. The number of carbonyl (C=O) groups excluding carboxylic acids is 1. The lowest BCUT2D eigenvalue weighted by Gasteiger charge is -2.13. The second-order valence-electron chi connectivity index (χ2n) is 5.09. The van der Waals surface area contributed by atoms with Gasteiger partial charge < -0.3 is 10.6 Å². The van der Waals surface area contributed by atoms with Gasteiger partial charge in [-0.05, 0) is 56.8 Å². The Hall–Kier alpha value is -1.32. The Labute approximate surface area is 125 Å². The van der Waals surface area contributed by atoms with Crippen LogP contribution in [0.25, 0.3) is 0 Å². The molecule has 0 atom stereocenters. The molecule has 1 aliphatic rings. The van der Waals surface area contributed by atoms with Crippen LogP contribution in [0.4, 0.5) is 5.69 Å². The summed E-state index contributed by atoms with van der Waals surface area (Å²) in [6.07, 6.45) is 8.45. The van der Waals surface area contributed by atoms with E-state index < -0.39 is 0 Å². The number of amides is 1. The Bertz CT molecular complexity index is 485. The van der Waals surface area contributed by atoms with Crippen molar-refractivity contribution in [2.45, 2.75) is 32.1 Å². The summed E-state index contributed by atoms with van der Waals surface area (Å²) in [4.78, 5) is 11.7. The van der Waals surface area contributed by atoms with E-state index in [0.29, 0.717) is 11.6 Å². The highest BCUT2D eigenvalue weighted by Gasteiger charge is 2.05. The van der Waals surface area contributed by atoms with Gasteiger partial charge in [-0.3, -0.25) is 4.79 Å². The van der Waals surface area contributed by atoms with Crippen molar-refractivity contribution in [3.05, 3.63) is 40.9 Å². The van der Waals surface area contributed by atoms with Crippen molar-refractivity contribution in [2.24, 2.45) is 0 Å². The first-order valence-corrected chi connectivity index (χ1v) is 7.56. The average Bonchev–Trinajstić information content (AvgIpc) is 2.45. The second-order valence-corrected chi connectivity index (χ2v) is 5.53. The number of hydrogen-bond donors (Lipinski definition) is 2. The summed E-state index contributed by atoms with van der Waals surface area (Å²) >= 11 is 5.87. The highest BCUT2D eigenvalue weighted by molar-refractivity contribution is 6.30. The van der Waals surface area contributed by atoms with Crippen LogP contribution in [0.3, 0.4) is 0 Å². The first-order valence-electron chi connectivity index (χ1n) is 7.18. The molecule has 0 bridgehead atoms. The number of anilines is 1. The maximum absolute atomic E-state index is 11.7. The molecule has 4 heteroatoms. The molecular formula is C16H21ClN2O. The molecule has 1 aromatic rings. The largest absolute Gasteiger partial charge is 0.325 e. The average molecular weight is 293 g/mol. The van der Waals surface area contributed by atoms with Crippen molar-refractivity contribution in [3.8, 4) is 0 Å². The number of hydrogen-bond acceptors (Lipinski definition) is 2. The van der Waals surface area contributed by atoms with E-state index in [1.165, 1.54) is 31.3 Å². The molecule has 0 heterocycles. The quantitative estimate of drug-likeness (QED) is 0.619. The van der Waals surface area contributed by atoms with Crippen LogP contribution in [-0.2, 0) is 4.79 Å². The van der Waals surface area contributed by atoms with Crippen molar-refractivity contribution in [2.75, 3.05) is 18.4 Å². The third-order valence-corrected chi connectivity index (χ3v) is 3.64. The van der Waals surface area contributed by atoms with E-state index in [-0.39, 0.29) is 5.91 Å². The molecular weight excluding hydrogens is 272 g/mol. The minimum atomic E-state index is -0.0371. The molecule has 1 aromatic carbocycles. The molecule has 1 aliphatic carbocycles. The van der Waals surface area contributed by atoms with Gasteiger partial charge in [-0.15, -0.1) is 0 Å². The molecule has 0 spiro atoms. The topological polar surface area (TPSA) is 41.1 Å². The van der Waals surface area contributed by atoms with Crippen LogP contribution in [-0.4, -0.2) is 19.0 Å². The summed E-state index contributed by atoms with van der Waals surface area (Å²) < 4.78 is 0. The van der Waals surface area contributed by atoms with Gasteiger partial charge in [-0.1, -0.05) is 29.3 Å². The molecule has 0 aromatic heterocycles. The Balaban J connectivity index is 1.64. The van der Waals surface area contributed by atoms with Gasteiger partial charge in [-0.2, -0.15) is 0 Å². The fourth-order valence-corrected chi connectivity index (χ4v) is 2.54. The summed E-state index contributed by atoms with van der Waals surface area (Å²) in [7, 11) is 0. The highest BCUT2D eigenvalue weighted by Crippen LogP contribution is 2.19. The molecule has 0 fully saturated rings. The predicted octanol–water partition coefficient (Wildman–Crippen LogP) is 3.76. The SMILES string of the molecule is O=C(CNCCC1=CCCCC1)Nc1cccc(Cl)c1. The fourth-order valence-electron chi connectivity index (χ4n) is 2.35. The summed E-state index contributed by atoms with van der Waals surface area (Å²) in [5.74, 6) is -0.0371. The number of carbonyl (C=O) groups is 1. The van der Waals surface area contributed by atoms with Crippen LogP contribution in [0.2, 0.25) is 5.02 Å². The standard InChI is InChI=1S/C16H21ClN2O/c17-14-7-4-8-15(11-14)19-16(20)12-18-10-9-13-5-2-1-3-6-13/h4-5,7-8,11,18H,1-3,6,9-10,12H2,(H,19,20). The lowest BCUT2D eigenvalue weighted by Crippen LogP contribution is -2.29. The summed E-state index contributed by atoms with van der Waals surface area (Å²) in [6.45, 7) is 1.19. The van der Waals surface area contributed by atoms with Gasteiger partial charge in [0.05, 0.1) is 6.54 Å². The molecule has 108 valence electrons. The highest BCUT2D eigenvalue weighted by atomic mass is 35.5. The van der Waals surface area contributed by atoms with Crippen LogP contribution in [0, 0.1) is 0 Å². The van der Waals surface area contributed by atoms with Crippen molar-refractivity contribution in [1.29, 1.82) is 0 Å². The van der Waals surface area contributed by atoms with Gasteiger partial charge in [0.1, 0.15) is 0 Å². The van der Waals surface area contributed by atoms with Gasteiger partial charge in [0, 0.05) is 10.7 Å². The smallest absolute Gasteiger partial charge is 0.238 e. The Morgan fingerprint density at radius 3 is 2.95 bits per heavy atom. The van der Waals surface area contributed by atoms with Gasteiger partial charge in [0.25, 0.3) is 0 Å². The van der Waals surface area contributed by atoms with Crippen LogP contribution in [0.15, 0.2) is 35.9 Å². The molecule has 0 saturated heterocycles. The van der Waals surface area contributed by atoms with Crippen molar-refractivity contribution in [1.82, 2.24) is 5.32 Å². The van der Waals surface area contributed by atoms with E-state index in [1.54, 1.807) is 12.1 Å². The zero-order chi connectivity index (χ0) is 14.2. The zero-order valence-electron chi connectivity index (χ0n) is 11.6. The van der Waals surface area contributed by atoms with E-state index in [1.807, 2.05) is 12.1 Å². The Morgan fingerprint density at radius 1 is 1.30 bits per heavy atom. The molecule has 3 nitrogen and oxygen atoms in total. The fraction of sp³-hybridized carbons (Fsp3) is 0.438. The van der Waals surface area contributed by atoms with Crippen molar-refractivity contribution >= 4 is 23.2 Å². The summed E-state index contributed by atoms with van der Waals surface area (Å²) in [5, 5.41) is 6.63. The minimum Gasteiger partial charge on any atom is -0.325 e. The zero-order valence-corrected chi connectivity index (χ0v) is 12.4. The molecule has 2 rings (SSSR count). The van der Waals surface area contributed by atoms with Crippen LogP contribution < -0.4 is 10.6 Å². The molecule has 20 heavy (non-hydrogen) atoms. The third-order valence-electron chi connectivity index (χ3n) is 3.40. The van der Waals surface area contributed by atoms with E-state index in [4.69, 9.17) is 11.6 Å². The van der Waals surface area contributed by atoms with Crippen molar-refractivity contribution < 1.29 is 4.79 Å². The molecule has 0 aliphatic heterocycles. The maximum Gasteiger partial charge on any atom is 0.238 e. The van der Waals surface area contributed by atoms with Crippen LogP contribution in [0.1, 0.15) is 32.1 Å². The Morgan fingerprint density at radius 2 is 2.20 bits per heavy atom. The van der Waals surface area contributed by atoms with Gasteiger partial charge in [0.2, 0.25) is 5.91 Å². The molecule has 0 saturated carbocycles. The van der Waals surface area contributed by atoms with Gasteiger partial charge in [-0.25, -0.2) is 0 Å². The van der Waals surface area contributed by atoms with Crippen LogP contribution in [0.5, 0.6) is 0 Å². The predicted molar refractivity (Wildman–Crippen MR) is 84.1 cm³/mol. The second kappa shape index (κ2) is 8.08. The third kappa shape index (κ3) is 5.35. The summed E-state index contributed by atoms with van der Waals surface area (Å²) in [5.41, 5.74) is 2.26. The van der Waals surface area contributed by atoms with Crippen LogP contribution >= 0.6 is 11.6 Å². The van der Waals surface area contributed by atoms with E-state index >= 15 is 0 Å². The van der Waals surface area contributed by atoms with Gasteiger partial charge >= 0.3 is 0 Å². The molecule has 0 unspecified atom stereocenters. The first kappa shape index (κ1) is 15.1. The van der Waals surface area contributed by atoms with Crippen molar-refractivity contribution in [3.63, 3.8) is 0 Å². The number of halogens is 1. The minimum absolute atomic E-state index is 0.0371. The van der Waals surface area contributed by atoms with E-state index in [2.05, 4.69) is 16.7 Å². The Kier molecular flexibility index (Phi) is 6.09. The molecule has 2 N–H and O–H groups in total. The normalized spacial score (nSPS) is 14.8. The lowest BCUT2D eigenvalue weighted by molar-refractivity contribution is -0.115. The number of allylic oxidation sites excluding steroid dienone is 1. The summed E-state index contributed by atoms with van der Waals surface area (Å²) in [6, 6.07) is 7.18. The van der Waals surface area contributed by atoms with E-state index in [9.17, 15) is 4.79 Å². The maximum atomic E-state index is 11.7. The lowest BCUT2D eigenvalue weighted by atomic mass is 9.97. The number of benzene rings is 1. The molecule has 1 amide bonds. The van der Waals surface area contributed by atoms with Gasteiger partial charge in [0.15, 0.2) is 0 Å². The number of rotatable bonds is 6. The van der Waals surface area contributed by atoms with E-state index in [0.717, 1.165) is 18.7 Å². The number of nitrogens with one attached hydrogen (secondary N) is 2.